The fraction of sp³-hybridized carbons (Fsp3) is 0.364. The summed E-state index contributed by atoms with van der Waals surface area (Å²) in [5, 5.41) is 3.98. The molecular formula is C11H14NO. The van der Waals surface area contributed by atoms with Gasteiger partial charge in [-0.25, -0.2) is 0 Å². The van der Waals surface area contributed by atoms with Gasteiger partial charge in [-0.05, 0) is 26.8 Å². The zero-order valence-corrected chi connectivity index (χ0v) is 8.24. The fourth-order valence-corrected chi connectivity index (χ4v) is 0.852. The molecule has 13 heavy (non-hydrogen) atoms. The van der Waals surface area contributed by atoms with E-state index in [-0.39, 0.29) is 6.10 Å². The highest BCUT2D eigenvalue weighted by Gasteiger charge is 1.97. The topological polar surface area (TPSA) is 21.6 Å². The van der Waals surface area contributed by atoms with Crippen LogP contribution in [0.3, 0.4) is 0 Å². The SMILES string of the molecule is C/C(=N\OC(C)C)c1[c]cccc1. The normalized spacial score (nSPS) is 11.8. The Morgan fingerprint density at radius 1 is 1.46 bits per heavy atom. The molecule has 1 rings (SSSR count). The molecule has 0 aliphatic heterocycles. The molecule has 2 heteroatoms. The van der Waals surface area contributed by atoms with Crippen LogP contribution in [0, 0.1) is 6.07 Å². The molecule has 1 aromatic carbocycles. The molecule has 1 radical (unpaired) electrons. The van der Waals surface area contributed by atoms with E-state index in [1.807, 2.05) is 45.0 Å². The first-order valence-corrected chi connectivity index (χ1v) is 4.37. The molecule has 0 unspecified atom stereocenters. The number of hydrogen-bond donors (Lipinski definition) is 0. The standard InChI is InChI=1S/C11H14NO/c1-9(2)13-12-10(3)11-7-5-4-6-8-11/h4-7,9H,1-3H3/b12-10+. The molecule has 0 saturated heterocycles. The summed E-state index contributed by atoms with van der Waals surface area (Å²) < 4.78 is 0. The van der Waals surface area contributed by atoms with E-state index in [1.54, 1.807) is 0 Å². The van der Waals surface area contributed by atoms with Gasteiger partial charge >= 0.3 is 0 Å². The van der Waals surface area contributed by atoms with E-state index in [1.165, 1.54) is 0 Å². The van der Waals surface area contributed by atoms with Crippen molar-refractivity contribution in [3.63, 3.8) is 0 Å². The monoisotopic (exact) mass is 176 g/mol. The predicted molar refractivity (Wildman–Crippen MR) is 53.7 cm³/mol. The van der Waals surface area contributed by atoms with Crippen LogP contribution in [0.15, 0.2) is 29.4 Å². The van der Waals surface area contributed by atoms with Crippen LogP contribution in [-0.2, 0) is 4.84 Å². The van der Waals surface area contributed by atoms with Crippen molar-refractivity contribution in [2.24, 2.45) is 5.16 Å². The second-order valence-corrected chi connectivity index (χ2v) is 3.11. The molecule has 1 aromatic rings. The van der Waals surface area contributed by atoms with Gasteiger partial charge in [0, 0.05) is 5.56 Å². The first-order valence-electron chi connectivity index (χ1n) is 4.37. The van der Waals surface area contributed by atoms with Gasteiger partial charge in [0.1, 0.15) is 6.10 Å². The minimum atomic E-state index is 0.124. The van der Waals surface area contributed by atoms with E-state index in [2.05, 4.69) is 11.2 Å². The minimum Gasteiger partial charge on any atom is -0.393 e. The number of nitrogens with zero attached hydrogens (tertiary/aromatic N) is 1. The third kappa shape index (κ3) is 3.28. The second-order valence-electron chi connectivity index (χ2n) is 3.11. The van der Waals surface area contributed by atoms with Crippen LogP contribution in [0.5, 0.6) is 0 Å². The zero-order valence-electron chi connectivity index (χ0n) is 8.24. The summed E-state index contributed by atoms with van der Waals surface area (Å²) in [5.74, 6) is 0. The average molecular weight is 176 g/mol. The van der Waals surface area contributed by atoms with Crippen LogP contribution in [-0.4, -0.2) is 11.8 Å². The molecule has 0 spiro atoms. The largest absolute Gasteiger partial charge is 0.393 e. The van der Waals surface area contributed by atoms with Crippen LogP contribution in [0.25, 0.3) is 0 Å². The number of rotatable bonds is 3. The highest BCUT2D eigenvalue weighted by Crippen LogP contribution is 2.01. The highest BCUT2D eigenvalue weighted by molar-refractivity contribution is 5.97. The molecule has 0 aromatic heterocycles. The van der Waals surface area contributed by atoms with Gasteiger partial charge < -0.3 is 4.84 Å². The molecule has 0 bridgehead atoms. The first kappa shape index (κ1) is 9.78. The van der Waals surface area contributed by atoms with Gasteiger partial charge in [0.15, 0.2) is 0 Å². The molecule has 2 nitrogen and oxygen atoms in total. The van der Waals surface area contributed by atoms with Crippen molar-refractivity contribution < 1.29 is 4.84 Å². The number of benzene rings is 1. The predicted octanol–water partition coefficient (Wildman–Crippen LogP) is 2.64. The smallest absolute Gasteiger partial charge is 0.122 e. The Morgan fingerprint density at radius 3 is 2.77 bits per heavy atom. The van der Waals surface area contributed by atoms with Crippen molar-refractivity contribution in [2.75, 3.05) is 0 Å². The lowest BCUT2D eigenvalue weighted by Gasteiger charge is -2.03. The molecule has 69 valence electrons. The molecule has 0 aliphatic rings. The minimum absolute atomic E-state index is 0.124. The lowest BCUT2D eigenvalue weighted by Crippen LogP contribution is -2.01. The maximum Gasteiger partial charge on any atom is 0.122 e. The van der Waals surface area contributed by atoms with Crippen molar-refractivity contribution >= 4 is 5.71 Å². The summed E-state index contributed by atoms with van der Waals surface area (Å²) in [6.07, 6.45) is 0.124. The molecule has 0 fully saturated rings. The molecule has 0 heterocycles. The Hall–Kier alpha value is -1.31. The van der Waals surface area contributed by atoms with E-state index < -0.39 is 0 Å². The van der Waals surface area contributed by atoms with Gasteiger partial charge in [-0.15, -0.1) is 0 Å². The lowest BCUT2D eigenvalue weighted by molar-refractivity contribution is 0.0860. The van der Waals surface area contributed by atoms with Crippen LogP contribution in [0.1, 0.15) is 26.3 Å². The van der Waals surface area contributed by atoms with Crippen molar-refractivity contribution in [3.05, 3.63) is 35.9 Å². The molecular weight excluding hydrogens is 162 g/mol. The second kappa shape index (κ2) is 4.65. The van der Waals surface area contributed by atoms with Gasteiger partial charge in [0.25, 0.3) is 0 Å². The molecule has 0 amide bonds. The number of oxime groups is 1. The van der Waals surface area contributed by atoms with Crippen LogP contribution in [0.4, 0.5) is 0 Å². The summed E-state index contributed by atoms with van der Waals surface area (Å²) in [4.78, 5) is 5.13. The van der Waals surface area contributed by atoms with Crippen molar-refractivity contribution in [1.82, 2.24) is 0 Å². The Labute approximate surface area is 79.2 Å². The average Bonchev–Trinajstić information content (AvgIpc) is 2.15. The van der Waals surface area contributed by atoms with Crippen LogP contribution < -0.4 is 0 Å². The summed E-state index contributed by atoms with van der Waals surface area (Å²) in [5.41, 5.74) is 1.83. The van der Waals surface area contributed by atoms with E-state index in [0.717, 1.165) is 11.3 Å². The molecule has 0 aliphatic carbocycles. The first-order chi connectivity index (χ1) is 6.20. The Morgan fingerprint density at radius 2 is 2.23 bits per heavy atom. The summed E-state index contributed by atoms with van der Waals surface area (Å²) in [6, 6.07) is 10.8. The van der Waals surface area contributed by atoms with Crippen LogP contribution in [0.2, 0.25) is 0 Å². The Bertz CT molecular complexity index is 277. The quantitative estimate of drug-likeness (QED) is 0.512. The third-order valence-corrected chi connectivity index (χ3v) is 1.50. The summed E-state index contributed by atoms with van der Waals surface area (Å²) in [6.45, 7) is 5.81. The summed E-state index contributed by atoms with van der Waals surface area (Å²) in [7, 11) is 0. The van der Waals surface area contributed by atoms with E-state index in [9.17, 15) is 0 Å². The maximum absolute atomic E-state index is 5.13. The zero-order chi connectivity index (χ0) is 9.68. The van der Waals surface area contributed by atoms with Gasteiger partial charge in [-0.1, -0.05) is 29.4 Å². The van der Waals surface area contributed by atoms with Gasteiger partial charge in [-0.3, -0.25) is 0 Å². The molecule has 0 saturated carbocycles. The van der Waals surface area contributed by atoms with Crippen LogP contribution >= 0.6 is 0 Å². The molecule has 0 atom stereocenters. The fourth-order valence-electron chi connectivity index (χ4n) is 0.852. The molecule has 0 N–H and O–H groups in total. The Kier molecular flexibility index (Phi) is 3.50. The van der Waals surface area contributed by atoms with Crippen molar-refractivity contribution in [2.45, 2.75) is 26.9 Å². The van der Waals surface area contributed by atoms with E-state index in [4.69, 9.17) is 4.84 Å². The number of hydrogen-bond acceptors (Lipinski definition) is 2. The van der Waals surface area contributed by atoms with Gasteiger partial charge in [0.2, 0.25) is 0 Å². The van der Waals surface area contributed by atoms with E-state index >= 15 is 0 Å². The summed E-state index contributed by atoms with van der Waals surface area (Å²) >= 11 is 0. The Balaban J connectivity index is 2.68. The van der Waals surface area contributed by atoms with E-state index in [0.29, 0.717) is 0 Å². The van der Waals surface area contributed by atoms with Crippen molar-refractivity contribution in [1.29, 1.82) is 0 Å². The third-order valence-electron chi connectivity index (χ3n) is 1.50. The maximum atomic E-state index is 5.13. The van der Waals surface area contributed by atoms with Crippen molar-refractivity contribution in [3.8, 4) is 0 Å². The lowest BCUT2D eigenvalue weighted by atomic mass is 10.1. The van der Waals surface area contributed by atoms with Gasteiger partial charge in [-0.2, -0.15) is 0 Å². The van der Waals surface area contributed by atoms with Gasteiger partial charge in [0.05, 0.1) is 5.71 Å². The highest BCUT2D eigenvalue weighted by atomic mass is 16.6.